The Balaban J connectivity index is 1.39. The number of anilines is 4. The van der Waals surface area contributed by atoms with Gasteiger partial charge in [-0.3, -0.25) is 9.59 Å². The summed E-state index contributed by atoms with van der Waals surface area (Å²) in [6.07, 6.45) is 3.39. The third kappa shape index (κ3) is 4.14. The van der Waals surface area contributed by atoms with Crippen LogP contribution in [0.3, 0.4) is 0 Å². The molecule has 1 aliphatic carbocycles. The Labute approximate surface area is 187 Å². The Bertz CT molecular complexity index is 1240. The molecule has 5 rings (SSSR count). The highest BCUT2D eigenvalue weighted by Gasteiger charge is 2.43. The lowest BCUT2D eigenvalue weighted by Gasteiger charge is -2.44. The molecule has 12 nitrogen and oxygen atoms in total. The second-order valence-corrected chi connectivity index (χ2v) is 8.25. The maximum absolute atomic E-state index is 14.0. The molecule has 4 N–H and O–H groups in total. The summed E-state index contributed by atoms with van der Waals surface area (Å²) >= 11 is 0. The zero-order valence-electron chi connectivity index (χ0n) is 17.7. The minimum Gasteiger partial charge on any atom is -0.393 e. The fraction of sp³-hybridized carbons (Fsp3) is 0.400. The van der Waals surface area contributed by atoms with Crippen molar-refractivity contribution in [3.63, 3.8) is 0 Å². The zero-order valence-corrected chi connectivity index (χ0v) is 17.7. The monoisotopic (exact) mass is 455 g/mol. The largest absolute Gasteiger partial charge is 0.393 e. The van der Waals surface area contributed by atoms with Crippen molar-refractivity contribution in [2.24, 2.45) is 5.92 Å². The Morgan fingerprint density at radius 1 is 1.27 bits per heavy atom. The van der Waals surface area contributed by atoms with Gasteiger partial charge in [-0.1, -0.05) is 0 Å². The SMILES string of the molecule is CNC(=O)c1nnc(NC(=O)C2CC2)cc1Nc1nc2ccc(N3CC(F)(CO)C3)cn2n1. The number of aromatic nitrogens is 5. The number of nitrogens with one attached hydrogen (secondary N) is 3. The summed E-state index contributed by atoms with van der Waals surface area (Å²) < 4.78 is 15.5. The molecule has 1 saturated carbocycles. The summed E-state index contributed by atoms with van der Waals surface area (Å²) in [5, 5.41) is 29.5. The molecule has 2 aliphatic rings. The van der Waals surface area contributed by atoms with Crippen LogP contribution in [0.2, 0.25) is 0 Å². The number of amides is 2. The molecule has 33 heavy (non-hydrogen) atoms. The Morgan fingerprint density at radius 2 is 2.06 bits per heavy atom. The molecular weight excluding hydrogens is 433 g/mol. The van der Waals surface area contributed by atoms with E-state index < -0.39 is 18.2 Å². The van der Waals surface area contributed by atoms with Crippen LogP contribution in [0.25, 0.3) is 5.65 Å². The van der Waals surface area contributed by atoms with E-state index in [1.54, 1.807) is 23.2 Å². The molecule has 3 aromatic heterocycles. The first-order valence-electron chi connectivity index (χ1n) is 10.5. The molecule has 13 heteroatoms. The molecule has 2 fully saturated rings. The highest BCUT2D eigenvalue weighted by atomic mass is 19.1. The summed E-state index contributed by atoms with van der Waals surface area (Å²) in [6.45, 7) is -0.315. The van der Waals surface area contributed by atoms with Gasteiger partial charge in [-0.05, 0) is 25.0 Å². The highest BCUT2D eigenvalue weighted by molar-refractivity contribution is 5.99. The van der Waals surface area contributed by atoms with E-state index >= 15 is 0 Å². The number of aliphatic hydroxyl groups excluding tert-OH is 1. The van der Waals surface area contributed by atoms with Gasteiger partial charge in [0.25, 0.3) is 5.91 Å². The van der Waals surface area contributed by atoms with Gasteiger partial charge in [-0.25, -0.2) is 8.91 Å². The predicted molar refractivity (Wildman–Crippen MR) is 116 cm³/mol. The summed E-state index contributed by atoms with van der Waals surface area (Å²) in [6, 6.07) is 5.03. The third-order valence-corrected chi connectivity index (χ3v) is 5.59. The average molecular weight is 455 g/mol. The van der Waals surface area contributed by atoms with Crippen molar-refractivity contribution in [3.8, 4) is 0 Å². The van der Waals surface area contributed by atoms with E-state index in [-0.39, 0.29) is 48.1 Å². The van der Waals surface area contributed by atoms with Crippen molar-refractivity contribution in [3.05, 3.63) is 30.1 Å². The Hall–Kier alpha value is -3.87. The number of halogens is 1. The van der Waals surface area contributed by atoms with Gasteiger partial charge in [-0.15, -0.1) is 15.3 Å². The van der Waals surface area contributed by atoms with Crippen molar-refractivity contribution in [1.29, 1.82) is 0 Å². The number of alkyl halides is 1. The maximum Gasteiger partial charge on any atom is 0.273 e. The third-order valence-electron chi connectivity index (χ3n) is 5.59. The van der Waals surface area contributed by atoms with Crippen LogP contribution in [0, 0.1) is 5.92 Å². The first-order chi connectivity index (χ1) is 15.9. The summed E-state index contributed by atoms with van der Waals surface area (Å²) in [7, 11) is 1.47. The molecule has 0 spiro atoms. The van der Waals surface area contributed by atoms with Crippen LogP contribution in [0.15, 0.2) is 24.4 Å². The van der Waals surface area contributed by atoms with E-state index in [4.69, 9.17) is 5.11 Å². The number of hydrogen-bond acceptors (Lipinski definition) is 9. The lowest BCUT2D eigenvalue weighted by atomic mass is 9.97. The van der Waals surface area contributed by atoms with Crippen LogP contribution < -0.4 is 20.9 Å². The molecule has 0 radical (unpaired) electrons. The van der Waals surface area contributed by atoms with Crippen LogP contribution >= 0.6 is 0 Å². The lowest BCUT2D eigenvalue weighted by Crippen LogP contribution is -2.61. The van der Waals surface area contributed by atoms with E-state index in [0.29, 0.717) is 5.65 Å². The second-order valence-electron chi connectivity index (χ2n) is 8.25. The number of carbonyl (C=O) groups excluding carboxylic acids is 2. The van der Waals surface area contributed by atoms with Gasteiger partial charge in [0.1, 0.15) is 0 Å². The van der Waals surface area contributed by atoms with E-state index in [1.165, 1.54) is 17.6 Å². The Morgan fingerprint density at radius 3 is 2.76 bits per heavy atom. The van der Waals surface area contributed by atoms with Crippen molar-refractivity contribution in [2.75, 3.05) is 42.3 Å². The van der Waals surface area contributed by atoms with E-state index in [1.807, 2.05) is 0 Å². The summed E-state index contributed by atoms with van der Waals surface area (Å²) in [5.74, 6) is -0.200. The van der Waals surface area contributed by atoms with Gasteiger partial charge in [0.05, 0.1) is 37.3 Å². The van der Waals surface area contributed by atoms with Crippen LogP contribution in [0.4, 0.5) is 27.5 Å². The van der Waals surface area contributed by atoms with Crippen molar-refractivity contribution in [1.82, 2.24) is 30.1 Å². The van der Waals surface area contributed by atoms with Crippen LogP contribution in [-0.2, 0) is 4.79 Å². The smallest absolute Gasteiger partial charge is 0.273 e. The molecule has 2 amide bonds. The summed E-state index contributed by atoms with van der Waals surface area (Å²) in [5.41, 5.74) is -0.0187. The van der Waals surface area contributed by atoms with Gasteiger partial charge in [-0.2, -0.15) is 4.98 Å². The fourth-order valence-electron chi connectivity index (χ4n) is 3.56. The molecule has 172 valence electrons. The van der Waals surface area contributed by atoms with Gasteiger partial charge in [0.2, 0.25) is 11.9 Å². The number of carbonyl (C=O) groups is 2. The summed E-state index contributed by atoms with van der Waals surface area (Å²) in [4.78, 5) is 30.5. The fourth-order valence-corrected chi connectivity index (χ4v) is 3.56. The molecular formula is C20H22FN9O3. The number of aliphatic hydroxyl groups is 1. The zero-order chi connectivity index (χ0) is 23.2. The molecule has 0 unspecified atom stereocenters. The molecule has 0 aromatic carbocycles. The second kappa shape index (κ2) is 7.92. The van der Waals surface area contributed by atoms with Crippen LogP contribution in [-0.4, -0.2) is 74.1 Å². The Kier molecular flexibility index (Phi) is 5.04. The highest BCUT2D eigenvalue weighted by Crippen LogP contribution is 2.31. The van der Waals surface area contributed by atoms with Crippen LogP contribution in [0.5, 0.6) is 0 Å². The van der Waals surface area contributed by atoms with Gasteiger partial charge < -0.3 is 26.0 Å². The molecule has 1 aliphatic heterocycles. The molecule has 0 bridgehead atoms. The average Bonchev–Trinajstić information content (AvgIpc) is 3.57. The lowest BCUT2D eigenvalue weighted by molar-refractivity contribution is -0.117. The van der Waals surface area contributed by atoms with E-state index in [0.717, 1.165) is 18.5 Å². The van der Waals surface area contributed by atoms with E-state index in [9.17, 15) is 14.0 Å². The quantitative estimate of drug-likeness (QED) is 0.399. The topological polar surface area (TPSA) is 150 Å². The minimum absolute atomic E-state index is 0.0116. The first kappa shape index (κ1) is 21.0. The van der Waals surface area contributed by atoms with Crippen molar-refractivity contribution < 1.29 is 19.1 Å². The van der Waals surface area contributed by atoms with Gasteiger partial charge >= 0.3 is 0 Å². The normalized spacial score (nSPS) is 16.9. The molecule has 3 aromatic rings. The number of pyridine rings is 1. The van der Waals surface area contributed by atoms with Crippen molar-refractivity contribution >= 4 is 40.6 Å². The number of fused-ring (bicyclic) bond motifs is 1. The van der Waals surface area contributed by atoms with Gasteiger partial charge in [0, 0.05) is 19.0 Å². The predicted octanol–water partition coefficient (Wildman–Crippen LogP) is 0.492. The first-order valence-corrected chi connectivity index (χ1v) is 10.5. The van der Waals surface area contributed by atoms with E-state index in [2.05, 4.69) is 36.2 Å². The van der Waals surface area contributed by atoms with Crippen molar-refractivity contribution in [2.45, 2.75) is 18.5 Å². The molecule has 4 heterocycles. The standard InChI is InChI=1S/C20H22FN9O3/c1-22-18(33)16-13(6-14(26-27-16)24-17(32)11-2-3-11)23-19-25-15-5-4-12(7-30(15)28-19)29-8-20(21,9-29)10-31/h4-7,11,31H,2-3,8-10H2,1H3,(H,22,33)(H2,23,24,26,28,32). The molecule has 1 saturated heterocycles. The number of hydrogen-bond donors (Lipinski definition) is 4. The number of nitrogens with zero attached hydrogens (tertiary/aromatic N) is 6. The minimum atomic E-state index is -1.58. The molecule has 0 atom stereocenters. The maximum atomic E-state index is 14.0. The number of rotatable bonds is 7. The van der Waals surface area contributed by atoms with Gasteiger partial charge in [0.15, 0.2) is 22.8 Å². The van der Waals surface area contributed by atoms with Crippen LogP contribution in [0.1, 0.15) is 23.3 Å².